The highest BCUT2D eigenvalue weighted by Crippen LogP contribution is 2.35. The van der Waals surface area contributed by atoms with Crippen molar-refractivity contribution in [3.63, 3.8) is 0 Å². The topological polar surface area (TPSA) is 62.7 Å². The molecule has 1 aromatic carbocycles. The van der Waals surface area contributed by atoms with Crippen LogP contribution in [0.3, 0.4) is 0 Å². The van der Waals surface area contributed by atoms with Crippen LogP contribution in [0.15, 0.2) is 42.5 Å². The minimum Gasteiger partial charge on any atom is -0.383 e. The lowest BCUT2D eigenvalue weighted by atomic mass is 10.0. The van der Waals surface area contributed by atoms with Gasteiger partial charge in [-0.3, -0.25) is 0 Å². The van der Waals surface area contributed by atoms with E-state index >= 15 is 0 Å². The Balaban J connectivity index is 2.26. The number of nitrogens with zero attached hydrogens (tertiary/aromatic N) is 2. The molecule has 0 fully saturated rings. The fourth-order valence-corrected chi connectivity index (χ4v) is 3.15. The van der Waals surface area contributed by atoms with Gasteiger partial charge in [0, 0.05) is 20.9 Å². The molecule has 3 aromatic rings. The Bertz CT molecular complexity index is 893. The number of nitrogen functional groups attached to an aromatic ring is 1. The zero-order valence-corrected chi connectivity index (χ0v) is 12.6. The largest absolute Gasteiger partial charge is 0.383 e. The van der Waals surface area contributed by atoms with Crippen LogP contribution < -0.4 is 5.73 Å². The molecule has 0 atom stereocenters. The molecule has 0 amide bonds. The van der Waals surface area contributed by atoms with Crippen LogP contribution in [0.5, 0.6) is 0 Å². The summed E-state index contributed by atoms with van der Waals surface area (Å²) in [7, 11) is 0. The molecule has 2 aromatic heterocycles. The lowest BCUT2D eigenvalue weighted by Crippen LogP contribution is -2.00. The van der Waals surface area contributed by atoms with Gasteiger partial charge in [-0.05, 0) is 37.3 Å². The second-order valence-electron chi connectivity index (χ2n) is 4.82. The van der Waals surface area contributed by atoms with Crippen molar-refractivity contribution >= 4 is 17.2 Å². The molecule has 0 unspecified atom stereocenters. The first kappa shape index (κ1) is 14.2. The van der Waals surface area contributed by atoms with Gasteiger partial charge in [0.2, 0.25) is 0 Å². The molecular formula is C17H12FN3S. The van der Waals surface area contributed by atoms with Gasteiger partial charge < -0.3 is 5.73 Å². The average Bonchev–Trinajstić information content (AvgIpc) is 2.93. The highest BCUT2D eigenvalue weighted by Gasteiger charge is 2.16. The van der Waals surface area contributed by atoms with Gasteiger partial charge in [-0.1, -0.05) is 12.1 Å². The van der Waals surface area contributed by atoms with Crippen LogP contribution in [-0.4, -0.2) is 4.98 Å². The fourth-order valence-electron chi connectivity index (χ4n) is 2.26. The fraction of sp³-hybridized carbons (Fsp3) is 0.0588. The maximum Gasteiger partial charge on any atom is 0.142 e. The van der Waals surface area contributed by atoms with Crippen LogP contribution >= 0.6 is 11.3 Å². The van der Waals surface area contributed by atoms with Crippen molar-refractivity contribution in [1.82, 2.24) is 4.98 Å². The third-order valence-electron chi connectivity index (χ3n) is 3.31. The molecule has 0 aliphatic heterocycles. The van der Waals surface area contributed by atoms with Crippen molar-refractivity contribution in [1.29, 1.82) is 5.26 Å². The van der Waals surface area contributed by atoms with Crippen molar-refractivity contribution in [3.8, 4) is 27.8 Å². The van der Waals surface area contributed by atoms with Crippen molar-refractivity contribution in [2.24, 2.45) is 0 Å². The molecule has 0 spiro atoms. The van der Waals surface area contributed by atoms with E-state index < -0.39 is 0 Å². The predicted molar refractivity (Wildman–Crippen MR) is 86.8 cm³/mol. The quantitative estimate of drug-likeness (QED) is 0.764. The van der Waals surface area contributed by atoms with Crippen LogP contribution in [0.1, 0.15) is 10.4 Å². The summed E-state index contributed by atoms with van der Waals surface area (Å²) in [6.45, 7) is 1.99. The minimum atomic E-state index is -0.368. The van der Waals surface area contributed by atoms with Crippen LogP contribution in [0.4, 0.5) is 10.2 Å². The number of hydrogen-bond acceptors (Lipinski definition) is 4. The standard InChI is InChI=1S/C17H12FN3S/c1-10-6-7-16(22-10)12-8-15(21-17(20)13(12)9-19)11-4-2-3-5-14(11)18/h2-8H,1H3,(H2,20,21). The number of pyridine rings is 1. The summed E-state index contributed by atoms with van der Waals surface area (Å²) in [5.74, 6) is -0.253. The number of rotatable bonds is 2. The van der Waals surface area contributed by atoms with E-state index in [2.05, 4.69) is 11.1 Å². The molecule has 3 rings (SSSR count). The number of nitriles is 1. The first-order valence-electron chi connectivity index (χ1n) is 6.62. The Morgan fingerprint density at radius 3 is 2.59 bits per heavy atom. The van der Waals surface area contributed by atoms with Crippen molar-refractivity contribution in [2.45, 2.75) is 6.92 Å². The SMILES string of the molecule is Cc1ccc(-c2cc(-c3ccccc3F)nc(N)c2C#N)s1. The Morgan fingerprint density at radius 2 is 1.95 bits per heavy atom. The molecule has 22 heavy (non-hydrogen) atoms. The summed E-state index contributed by atoms with van der Waals surface area (Å²) in [6, 6.07) is 14.1. The Labute approximate surface area is 131 Å². The number of aromatic nitrogens is 1. The molecule has 3 nitrogen and oxygen atoms in total. The van der Waals surface area contributed by atoms with Gasteiger partial charge in [0.15, 0.2) is 0 Å². The zero-order valence-electron chi connectivity index (χ0n) is 11.8. The summed E-state index contributed by atoms with van der Waals surface area (Å²) in [4.78, 5) is 6.23. The number of hydrogen-bond donors (Lipinski definition) is 1. The number of anilines is 1. The van der Waals surface area contributed by atoms with Gasteiger partial charge in [-0.2, -0.15) is 5.26 Å². The molecule has 5 heteroatoms. The number of aryl methyl sites for hydroxylation is 1. The maximum atomic E-state index is 14.0. The van der Waals surface area contributed by atoms with E-state index in [4.69, 9.17) is 5.73 Å². The normalized spacial score (nSPS) is 10.4. The second-order valence-corrected chi connectivity index (χ2v) is 6.11. The summed E-state index contributed by atoms with van der Waals surface area (Å²) < 4.78 is 14.0. The molecule has 0 bridgehead atoms. The number of benzene rings is 1. The number of halogens is 1. The molecule has 2 N–H and O–H groups in total. The number of thiophene rings is 1. The lowest BCUT2D eigenvalue weighted by molar-refractivity contribution is 0.631. The van der Waals surface area contributed by atoms with Gasteiger partial charge in [0.05, 0.1) is 5.69 Å². The van der Waals surface area contributed by atoms with Gasteiger partial charge in [-0.15, -0.1) is 11.3 Å². The third kappa shape index (κ3) is 2.45. The third-order valence-corrected chi connectivity index (χ3v) is 4.35. The minimum absolute atomic E-state index is 0.115. The molecule has 0 aliphatic rings. The molecule has 2 heterocycles. The highest BCUT2D eigenvalue weighted by atomic mass is 32.1. The van der Waals surface area contributed by atoms with Crippen LogP contribution in [0.2, 0.25) is 0 Å². The van der Waals surface area contributed by atoms with Crippen LogP contribution in [0, 0.1) is 24.1 Å². The molecular weight excluding hydrogens is 297 g/mol. The first-order valence-corrected chi connectivity index (χ1v) is 7.44. The lowest BCUT2D eigenvalue weighted by Gasteiger charge is -2.09. The summed E-state index contributed by atoms with van der Waals surface area (Å²) in [6.07, 6.45) is 0. The van der Waals surface area contributed by atoms with E-state index in [1.165, 1.54) is 6.07 Å². The highest BCUT2D eigenvalue weighted by molar-refractivity contribution is 7.15. The monoisotopic (exact) mass is 309 g/mol. The van der Waals surface area contributed by atoms with E-state index in [1.807, 2.05) is 19.1 Å². The average molecular weight is 309 g/mol. The van der Waals surface area contributed by atoms with Gasteiger partial charge in [-0.25, -0.2) is 9.37 Å². The molecule has 0 saturated heterocycles. The summed E-state index contributed by atoms with van der Waals surface area (Å²) in [5, 5.41) is 9.34. The van der Waals surface area contributed by atoms with Gasteiger partial charge in [0.1, 0.15) is 23.3 Å². The summed E-state index contributed by atoms with van der Waals surface area (Å²) >= 11 is 1.56. The zero-order chi connectivity index (χ0) is 15.7. The Hall–Kier alpha value is -2.71. The molecule has 0 radical (unpaired) electrons. The van der Waals surface area contributed by atoms with Crippen molar-refractivity contribution < 1.29 is 4.39 Å². The Kier molecular flexibility index (Phi) is 3.61. The van der Waals surface area contributed by atoms with Crippen LogP contribution in [0.25, 0.3) is 21.7 Å². The van der Waals surface area contributed by atoms with E-state index in [0.717, 1.165) is 9.75 Å². The van der Waals surface area contributed by atoms with E-state index in [-0.39, 0.29) is 11.6 Å². The smallest absolute Gasteiger partial charge is 0.142 e. The molecule has 0 aliphatic carbocycles. The maximum absolute atomic E-state index is 14.0. The van der Waals surface area contributed by atoms with Crippen LogP contribution in [-0.2, 0) is 0 Å². The van der Waals surface area contributed by atoms with E-state index in [0.29, 0.717) is 22.4 Å². The molecule has 0 saturated carbocycles. The van der Waals surface area contributed by atoms with Crippen molar-refractivity contribution in [3.05, 3.63) is 58.7 Å². The second kappa shape index (κ2) is 5.58. The summed E-state index contributed by atoms with van der Waals surface area (Å²) in [5.41, 5.74) is 7.72. The van der Waals surface area contributed by atoms with Gasteiger partial charge >= 0.3 is 0 Å². The molecule has 108 valence electrons. The van der Waals surface area contributed by atoms with E-state index in [9.17, 15) is 9.65 Å². The predicted octanol–water partition coefficient (Wildman–Crippen LogP) is 4.38. The number of nitrogens with two attached hydrogens (primary N) is 1. The van der Waals surface area contributed by atoms with E-state index in [1.54, 1.807) is 35.6 Å². The van der Waals surface area contributed by atoms with Crippen molar-refractivity contribution in [2.75, 3.05) is 5.73 Å². The Morgan fingerprint density at radius 1 is 1.18 bits per heavy atom. The van der Waals surface area contributed by atoms with Gasteiger partial charge in [0.25, 0.3) is 0 Å². The first-order chi connectivity index (χ1) is 10.6.